The molecule has 0 aliphatic rings. The molecule has 0 saturated carbocycles. The van der Waals surface area contributed by atoms with E-state index in [9.17, 15) is 4.39 Å². The molecule has 2 aromatic rings. The number of halogens is 1. The molecule has 0 fully saturated rings. The molecular formula is C14H13FN2O2. The fraction of sp³-hybridized carbons (Fsp3) is 0.0714. The highest BCUT2D eigenvalue weighted by atomic mass is 19.1. The van der Waals surface area contributed by atoms with Crippen LogP contribution >= 0.6 is 0 Å². The molecule has 0 bridgehead atoms. The van der Waals surface area contributed by atoms with Gasteiger partial charge in [0, 0.05) is 0 Å². The molecule has 5 heteroatoms. The first-order chi connectivity index (χ1) is 9.20. The number of nitrogens with two attached hydrogens (primary N) is 1. The van der Waals surface area contributed by atoms with Crippen LogP contribution in [0.15, 0.2) is 53.7 Å². The zero-order chi connectivity index (χ0) is 13.7. The number of hydrogen-bond donors (Lipinski definition) is 2. The van der Waals surface area contributed by atoms with E-state index in [2.05, 4.69) is 5.16 Å². The summed E-state index contributed by atoms with van der Waals surface area (Å²) >= 11 is 0. The third kappa shape index (κ3) is 3.22. The second-order valence-corrected chi connectivity index (χ2v) is 3.90. The molecule has 0 aromatic heterocycles. The Morgan fingerprint density at radius 1 is 1.21 bits per heavy atom. The molecule has 2 rings (SSSR count). The van der Waals surface area contributed by atoms with Gasteiger partial charge >= 0.3 is 0 Å². The van der Waals surface area contributed by atoms with Crippen molar-refractivity contribution in [3.8, 4) is 5.75 Å². The van der Waals surface area contributed by atoms with Crippen molar-refractivity contribution in [2.45, 2.75) is 6.61 Å². The fourth-order valence-corrected chi connectivity index (χ4v) is 1.62. The molecule has 98 valence electrons. The summed E-state index contributed by atoms with van der Waals surface area (Å²) < 4.78 is 18.7. The quantitative estimate of drug-likeness (QED) is 0.384. The molecule has 4 nitrogen and oxygen atoms in total. The summed E-state index contributed by atoms with van der Waals surface area (Å²) in [6.07, 6.45) is 0. The van der Waals surface area contributed by atoms with E-state index < -0.39 is 5.82 Å². The Kier molecular flexibility index (Phi) is 3.97. The average Bonchev–Trinajstić information content (AvgIpc) is 2.46. The average molecular weight is 260 g/mol. The van der Waals surface area contributed by atoms with Gasteiger partial charge in [-0.05, 0) is 23.8 Å². The number of rotatable bonds is 4. The van der Waals surface area contributed by atoms with E-state index in [1.165, 1.54) is 12.1 Å². The summed E-state index contributed by atoms with van der Waals surface area (Å²) in [6.45, 7) is 0.318. The Bertz CT molecular complexity index is 585. The molecule has 0 heterocycles. The largest absolute Gasteiger partial charge is 0.488 e. The summed E-state index contributed by atoms with van der Waals surface area (Å²) in [4.78, 5) is 0. The first-order valence-electron chi connectivity index (χ1n) is 5.65. The first-order valence-corrected chi connectivity index (χ1v) is 5.65. The Balaban J connectivity index is 2.20. The van der Waals surface area contributed by atoms with Crippen LogP contribution in [0.1, 0.15) is 11.1 Å². The minimum Gasteiger partial charge on any atom is -0.488 e. The molecule has 0 atom stereocenters. The summed E-state index contributed by atoms with van der Waals surface area (Å²) in [7, 11) is 0. The minimum absolute atomic E-state index is 0.192. The van der Waals surface area contributed by atoms with E-state index in [1.807, 2.05) is 30.3 Å². The highest BCUT2D eigenvalue weighted by molar-refractivity contribution is 5.99. The predicted octanol–water partition coefficient (Wildman–Crippen LogP) is 2.50. The molecule has 0 spiro atoms. The van der Waals surface area contributed by atoms with Gasteiger partial charge in [0.05, 0.1) is 5.56 Å². The molecule has 0 radical (unpaired) electrons. The van der Waals surface area contributed by atoms with Crippen molar-refractivity contribution in [1.82, 2.24) is 0 Å². The van der Waals surface area contributed by atoms with Crippen LogP contribution in [-0.4, -0.2) is 11.0 Å². The van der Waals surface area contributed by atoms with Crippen LogP contribution in [0.2, 0.25) is 0 Å². The van der Waals surface area contributed by atoms with Gasteiger partial charge in [-0.2, -0.15) is 0 Å². The van der Waals surface area contributed by atoms with Crippen molar-refractivity contribution >= 4 is 5.84 Å². The summed E-state index contributed by atoms with van der Waals surface area (Å²) in [6, 6.07) is 13.4. The molecule has 0 aliphatic carbocycles. The first kappa shape index (κ1) is 12.9. The van der Waals surface area contributed by atoms with Crippen molar-refractivity contribution in [3.63, 3.8) is 0 Å². The minimum atomic E-state index is -0.478. The van der Waals surface area contributed by atoms with Crippen LogP contribution < -0.4 is 10.5 Å². The van der Waals surface area contributed by atoms with Gasteiger partial charge in [0.15, 0.2) is 5.84 Å². The van der Waals surface area contributed by atoms with E-state index in [-0.39, 0.29) is 11.4 Å². The Hall–Kier alpha value is -2.56. The van der Waals surface area contributed by atoms with E-state index in [1.54, 1.807) is 0 Å². The molecule has 19 heavy (non-hydrogen) atoms. The van der Waals surface area contributed by atoms with Gasteiger partial charge < -0.3 is 15.7 Å². The molecule has 0 saturated heterocycles. The maximum absolute atomic E-state index is 13.2. The molecule has 0 amide bonds. The standard InChI is InChI=1S/C14H13FN2O2/c15-11-6-7-13(12(8-11)14(16)17-18)19-9-10-4-2-1-3-5-10/h1-8,18H,9H2,(H2,16,17). The smallest absolute Gasteiger partial charge is 0.173 e. The second kappa shape index (κ2) is 5.86. The third-order valence-corrected chi connectivity index (χ3v) is 2.56. The lowest BCUT2D eigenvalue weighted by Gasteiger charge is -2.10. The van der Waals surface area contributed by atoms with Gasteiger partial charge in [0.1, 0.15) is 18.2 Å². The Morgan fingerprint density at radius 2 is 1.95 bits per heavy atom. The SMILES string of the molecule is N/C(=N/O)c1cc(F)ccc1OCc1ccccc1. The lowest BCUT2D eigenvalue weighted by Crippen LogP contribution is -2.15. The van der Waals surface area contributed by atoms with Gasteiger partial charge in [-0.3, -0.25) is 0 Å². The monoisotopic (exact) mass is 260 g/mol. The van der Waals surface area contributed by atoms with Crippen LogP contribution in [0.25, 0.3) is 0 Å². The van der Waals surface area contributed by atoms with Crippen molar-refractivity contribution in [2.24, 2.45) is 10.9 Å². The third-order valence-electron chi connectivity index (χ3n) is 2.56. The highest BCUT2D eigenvalue weighted by Crippen LogP contribution is 2.20. The highest BCUT2D eigenvalue weighted by Gasteiger charge is 2.10. The van der Waals surface area contributed by atoms with E-state index >= 15 is 0 Å². The number of benzene rings is 2. The van der Waals surface area contributed by atoms with Gasteiger partial charge in [0.25, 0.3) is 0 Å². The van der Waals surface area contributed by atoms with E-state index in [4.69, 9.17) is 15.7 Å². The maximum Gasteiger partial charge on any atom is 0.173 e. The summed E-state index contributed by atoms with van der Waals surface area (Å²) in [5, 5.41) is 11.5. The number of hydrogen-bond acceptors (Lipinski definition) is 3. The molecule has 3 N–H and O–H groups in total. The zero-order valence-corrected chi connectivity index (χ0v) is 10.1. The normalized spacial score (nSPS) is 11.3. The van der Waals surface area contributed by atoms with Crippen molar-refractivity contribution in [3.05, 3.63) is 65.5 Å². The molecular weight excluding hydrogens is 247 g/mol. The Morgan fingerprint density at radius 3 is 2.63 bits per heavy atom. The summed E-state index contributed by atoms with van der Waals surface area (Å²) in [5.41, 5.74) is 6.68. The van der Waals surface area contributed by atoms with E-state index in [0.717, 1.165) is 11.6 Å². The number of nitrogens with zero attached hydrogens (tertiary/aromatic N) is 1. The number of oxime groups is 1. The van der Waals surface area contributed by atoms with Gasteiger partial charge in [-0.25, -0.2) is 4.39 Å². The second-order valence-electron chi connectivity index (χ2n) is 3.90. The number of ether oxygens (including phenoxy) is 1. The topological polar surface area (TPSA) is 67.8 Å². The summed E-state index contributed by atoms with van der Waals surface area (Å²) in [5.74, 6) is -0.309. The number of amidine groups is 1. The molecule has 2 aromatic carbocycles. The van der Waals surface area contributed by atoms with Crippen LogP contribution in [0.4, 0.5) is 4.39 Å². The van der Waals surface area contributed by atoms with Crippen LogP contribution in [0.3, 0.4) is 0 Å². The van der Waals surface area contributed by atoms with Gasteiger partial charge in [-0.15, -0.1) is 0 Å². The lowest BCUT2D eigenvalue weighted by molar-refractivity contribution is 0.302. The molecule has 0 aliphatic heterocycles. The van der Waals surface area contributed by atoms with Gasteiger partial charge in [-0.1, -0.05) is 35.5 Å². The van der Waals surface area contributed by atoms with Crippen LogP contribution in [0.5, 0.6) is 5.75 Å². The molecule has 0 unspecified atom stereocenters. The van der Waals surface area contributed by atoms with Crippen LogP contribution in [-0.2, 0) is 6.61 Å². The zero-order valence-electron chi connectivity index (χ0n) is 10.1. The lowest BCUT2D eigenvalue weighted by atomic mass is 10.1. The Labute approximate surface area is 109 Å². The van der Waals surface area contributed by atoms with Crippen LogP contribution in [0, 0.1) is 5.82 Å². The fourth-order valence-electron chi connectivity index (χ4n) is 1.62. The predicted molar refractivity (Wildman–Crippen MR) is 69.7 cm³/mol. The van der Waals surface area contributed by atoms with Crippen molar-refractivity contribution < 1.29 is 14.3 Å². The van der Waals surface area contributed by atoms with Crippen molar-refractivity contribution in [1.29, 1.82) is 0 Å². The van der Waals surface area contributed by atoms with E-state index in [0.29, 0.717) is 12.4 Å². The van der Waals surface area contributed by atoms with Gasteiger partial charge in [0.2, 0.25) is 0 Å². The maximum atomic E-state index is 13.2. The van der Waals surface area contributed by atoms with Crippen molar-refractivity contribution in [2.75, 3.05) is 0 Å².